The van der Waals surface area contributed by atoms with Gasteiger partial charge in [0.05, 0.1) is 0 Å². The normalized spacial score (nSPS) is 5.86. The van der Waals surface area contributed by atoms with E-state index in [0.717, 1.165) is 0 Å². The van der Waals surface area contributed by atoms with Gasteiger partial charge in [-0.05, 0) is 0 Å². The van der Waals surface area contributed by atoms with Gasteiger partial charge in [-0.25, -0.2) is 19.1 Å². The zero-order chi connectivity index (χ0) is 5.41. The van der Waals surface area contributed by atoms with Gasteiger partial charge in [0.15, 0.2) is 0 Å². The third-order valence-corrected chi connectivity index (χ3v) is 0.236. The van der Waals surface area contributed by atoms with Crippen molar-refractivity contribution in [2.24, 2.45) is 0 Å². The van der Waals surface area contributed by atoms with E-state index in [-0.39, 0.29) is 23.1 Å². The van der Waals surface area contributed by atoms with E-state index in [2.05, 4.69) is 20.1 Å². The van der Waals surface area contributed by atoms with Crippen molar-refractivity contribution in [3.05, 3.63) is 32.2 Å². The molecule has 0 spiro atoms. The molecule has 0 saturated carbocycles. The predicted octanol–water partition coefficient (Wildman–Crippen LogP) is 1.62. The summed E-state index contributed by atoms with van der Waals surface area (Å²) < 4.78 is 0. The van der Waals surface area contributed by atoms with Crippen molar-refractivity contribution in [3.63, 3.8) is 0 Å². The van der Waals surface area contributed by atoms with E-state index < -0.39 is 0 Å². The van der Waals surface area contributed by atoms with Crippen molar-refractivity contribution in [1.82, 2.24) is 0 Å². The Bertz CT molecular complexity index is 27.2. The molecular formula is C6H10Mg. The molecule has 0 aliphatic rings. The maximum atomic E-state index is 4.25. The van der Waals surface area contributed by atoms with Crippen LogP contribution in [0.4, 0.5) is 0 Å². The summed E-state index contributed by atoms with van der Waals surface area (Å²) in [5, 5.41) is 0. The van der Waals surface area contributed by atoms with Gasteiger partial charge < -0.3 is 6.58 Å². The molecular weight excluding hydrogens is 96.4 g/mol. The van der Waals surface area contributed by atoms with Crippen molar-refractivity contribution in [2.45, 2.75) is 6.92 Å². The number of hydrogen-bond acceptors (Lipinski definition) is 0. The Hall–Kier alpha value is 0.116. The van der Waals surface area contributed by atoms with E-state index in [4.69, 9.17) is 0 Å². The minimum atomic E-state index is 0. The van der Waals surface area contributed by atoms with Gasteiger partial charge in [0, 0.05) is 0 Å². The van der Waals surface area contributed by atoms with Crippen LogP contribution < -0.4 is 0 Å². The van der Waals surface area contributed by atoms with E-state index in [1.807, 2.05) is 13.0 Å². The fourth-order valence-electron chi connectivity index (χ4n) is 0. The summed E-state index contributed by atoms with van der Waals surface area (Å²) in [6.07, 6.45) is 3.64. The molecule has 0 radical (unpaired) electrons. The van der Waals surface area contributed by atoms with E-state index >= 15 is 0 Å². The average molecular weight is 106 g/mol. The fourth-order valence-corrected chi connectivity index (χ4v) is 0. The van der Waals surface area contributed by atoms with Crippen LogP contribution in [-0.4, -0.2) is 23.1 Å². The van der Waals surface area contributed by atoms with Gasteiger partial charge in [-0.3, -0.25) is 6.58 Å². The standard InChI is InChI=1S/C4H7.C2H3.Mg/c1-3-4-2;1-2;/h3-4H,1H2,2H3;1H,2H2;/q2*-1;+2/b4-3+;;. The van der Waals surface area contributed by atoms with Crippen LogP contribution in [0.1, 0.15) is 6.92 Å². The summed E-state index contributed by atoms with van der Waals surface area (Å²) >= 11 is 0. The van der Waals surface area contributed by atoms with Crippen LogP contribution in [0.25, 0.3) is 0 Å². The summed E-state index contributed by atoms with van der Waals surface area (Å²) in [5.74, 6) is 0. The molecule has 0 amide bonds. The quantitative estimate of drug-likeness (QED) is 0.325. The monoisotopic (exact) mass is 106 g/mol. The second-order valence-electron chi connectivity index (χ2n) is 0.569. The first-order valence-corrected chi connectivity index (χ1v) is 1.73. The Balaban J connectivity index is -0.0000000480. The summed E-state index contributed by atoms with van der Waals surface area (Å²) in [6, 6.07) is 0. The van der Waals surface area contributed by atoms with Crippen molar-refractivity contribution in [1.29, 1.82) is 0 Å². The SMILES string of the molecule is [CH-]=C.[CH2-]/C=C/C.[Mg+2]. The first-order chi connectivity index (χ1) is 2.91. The third kappa shape index (κ3) is 83.2. The van der Waals surface area contributed by atoms with Crippen LogP contribution in [0, 0.1) is 13.5 Å². The van der Waals surface area contributed by atoms with Crippen molar-refractivity contribution < 1.29 is 0 Å². The van der Waals surface area contributed by atoms with E-state index in [9.17, 15) is 0 Å². The van der Waals surface area contributed by atoms with Crippen LogP contribution in [0.15, 0.2) is 18.7 Å². The van der Waals surface area contributed by atoms with Crippen molar-refractivity contribution >= 4 is 23.1 Å². The van der Waals surface area contributed by atoms with Gasteiger partial charge >= 0.3 is 23.1 Å². The summed E-state index contributed by atoms with van der Waals surface area (Å²) in [6.45, 7) is 12.4. The van der Waals surface area contributed by atoms with E-state index in [1.54, 1.807) is 6.08 Å². The number of allylic oxidation sites excluding steroid dienone is 2. The molecule has 0 fully saturated rings. The second-order valence-corrected chi connectivity index (χ2v) is 0.569. The molecule has 0 unspecified atom stereocenters. The third-order valence-electron chi connectivity index (χ3n) is 0.236. The number of rotatable bonds is 0. The van der Waals surface area contributed by atoms with E-state index in [1.165, 1.54) is 0 Å². The summed E-state index contributed by atoms with van der Waals surface area (Å²) in [5.41, 5.74) is 0. The van der Waals surface area contributed by atoms with Gasteiger partial charge in [0.25, 0.3) is 0 Å². The van der Waals surface area contributed by atoms with E-state index in [0.29, 0.717) is 0 Å². The largest absolute Gasteiger partial charge is 2.00 e. The molecule has 0 aromatic rings. The Kier molecular flexibility index (Phi) is 80.2. The predicted molar refractivity (Wildman–Crippen MR) is 35.9 cm³/mol. The molecule has 0 aromatic heterocycles. The molecule has 0 rings (SSSR count). The molecule has 0 nitrogen and oxygen atoms in total. The van der Waals surface area contributed by atoms with Crippen LogP contribution in [0.5, 0.6) is 0 Å². The maximum absolute atomic E-state index is 4.25. The molecule has 0 aliphatic carbocycles. The fraction of sp³-hybridized carbons (Fsp3) is 0.167. The summed E-state index contributed by atoms with van der Waals surface area (Å²) in [7, 11) is 0. The molecule has 0 aliphatic heterocycles. The van der Waals surface area contributed by atoms with Gasteiger partial charge in [0.2, 0.25) is 0 Å². The Morgan fingerprint density at radius 2 is 1.71 bits per heavy atom. The molecule has 0 aromatic carbocycles. The van der Waals surface area contributed by atoms with Crippen LogP contribution >= 0.6 is 0 Å². The van der Waals surface area contributed by atoms with Crippen molar-refractivity contribution in [3.8, 4) is 0 Å². The van der Waals surface area contributed by atoms with Gasteiger partial charge in [-0.2, -0.15) is 0 Å². The minimum absolute atomic E-state index is 0. The Morgan fingerprint density at radius 1 is 1.57 bits per heavy atom. The molecule has 0 atom stereocenters. The average Bonchev–Trinajstić information content (AvgIpc) is 1.72. The first-order valence-electron chi connectivity index (χ1n) is 1.73. The van der Waals surface area contributed by atoms with Gasteiger partial charge in [-0.1, -0.05) is 0 Å². The van der Waals surface area contributed by atoms with Crippen molar-refractivity contribution in [2.75, 3.05) is 0 Å². The Labute approximate surface area is 62.5 Å². The molecule has 0 heterocycles. The zero-order valence-corrected chi connectivity index (χ0v) is 6.27. The molecule has 0 bridgehead atoms. The first kappa shape index (κ1) is 15.7. The molecule has 0 N–H and O–H groups in total. The zero-order valence-electron chi connectivity index (χ0n) is 4.85. The maximum Gasteiger partial charge on any atom is 2.00 e. The van der Waals surface area contributed by atoms with Gasteiger partial charge in [0.1, 0.15) is 0 Å². The topological polar surface area (TPSA) is 0 Å². The molecule has 7 heavy (non-hydrogen) atoms. The second kappa shape index (κ2) is 35.7. The molecule has 0 saturated heterocycles. The molecule has 1 heteroatoms. The van der Waals surface area contributed by atoms with Gasteiger partial charge in [-0.15, -0.1) is 6.92 Å². The van der Waals surface area contributed by atoms with Crippen LogP contribution in [0.2, 0.25) is 0 Å². The van der Waals surface area contributed by atoms with Crippen LogP contribution in [-0.2, 0) is 0 Å². The number of hydrogen-bond donors (Lipinski definition) is 0. The smallest absolute Gasteiger partial charge is 0.521 e. The van der Waals surface area contributed by atoms with Crippen LogP contribution in [0.3, 0.4) is 0 Å². The Morgan fingerprint density at radius 3 is 1.71 bits per heavy atom. The minimum Gasteiger partial charge on any atom is -0.521 e. The molecule has 36 valence electrons. The summed E-state index contributed by atoms with van der Waals surface area (Å²) in [4.78, 5) is 0.